The highest BCUT2D eigenvalue weighted by Gasteiger charge is 2.18. The van der Waals surface area contributed by atoms with E-state index in [0.717, 1.165) is 0 Å². The van der Waals surface area contributed by atoms with Crippen molar-refractivity contribution in [2.24, 2.45) is 0 Å². The molecule has 0 saturated carbocycles. The molecular weight excluding hydrogens is 392 g/mol. The second kappa shape index (κ2) is 9.15. The van der Waals surface area contributed by atoms with Crippen LogP contribution >= 0.6 is 0 Å². The summed E-state index contributed by atoms with van der Waals surface area (Å²) in [6, 6.07) is 15.5. The van der Waals surface area contributed by atoms with Crippen LogP contribution in [0.5, 0.6) is 5.75 Å². The maximum atomic E-state index is 12.1. The molecule has 30 heavy (non-hydrogen) atoms. The largest absolute Gasteiger partial charge is 0.483 e. The van der Waals surface area contributed by atoms with Crippen LogP contribution in [-0.4, -0.2) is 27.4 Å². The lowest BCUT2D eigenvalue weighted by Gasteiger charge is -2.09. The van der Waals surface area contributed by atoms with E-state index in [4.69, 9.17) is 4.74 Å². The van der Waals surface area contributed by atoms with E-state index in [1.807, 2.05) is 11.1 Å². The number of aromatic amines is 2. The minimum atomic E-state index is -1.11. The van der Waals surface area contributed by atoms with Gasteiger partial charge in [-0.25, -0.2) is 4.79 Å². The Hall–Kier alpha value is -4.47. The molecule has 0 spiro atoms. The number of ether oxygens (including phenoxy) is 1. The maximum absolute atomic E-state index is 12.1. The number of hydrogen-bond acceptors (Lipinski definition) is 6. The van der Waals surface area contributed by atoms with Crippen molar-refractivity contribution in [1.82, 2.24) is 9.97 Å². The summed E-state index contributed by atoms with van der Waals surface area (Å²) in [6.45, 7) is -0.262. The first kappa shape index (κ1) is 20.3. The minimum absolute atomic E-state index is 0.259. The van der Waals surface area contributed by atoms with Crippen molar-refractivity contribution >= 4 is 29.4 Å². The number of carbonyl (C=O) groups excluding carboxylic acids is 1. The fraction of sp³-hybridized carbons (Fsp3) is 0.0500. The first-order chi connectivity index (χ1) is 14.4. The number of hydrogen-bond donors (Lipinski definition) is 3. The molecule has 0 atom stereocenters. The van der Waals surface area contributed by atoms with E-state index < -0.39 is 21.9 Å². The Balaban J connectivity index is 1.78. The summed E-state index contributed by atoms with van der Waals surface area (Å²) < 4.78 is 5.55. The lowest BCUT2D eigenvalue weighted by molar-refractivity contribution is -0.386. The number of rotatable bonds is 7. The number of aromatic nitrogens is 2. The summed E-state index contributed by atoms with van der Waals surface area (Å²) in [4.78, 5) is 49.5. The zero-order valence-electron chi connectivity index (χ0n) is 15.5. The van der Waals surface area contributed by atoms with Gasteiger partial charge in [-0.1, -0.05) is 36.4 Å². The highest BCUT2D eigenvalue weighted by Crippen LogP contribution is 2.21. The Morgan fingerprint density at radius 1 is 1.03 bits per heavy atom. The van der Waals surface area contributed by atoms with Gasteiger partial charge in [0.25, 0.3) is 5.91 Å². The summed E-state index contributed by atoms with van der Waals surface area (Å²) in [6.07, 6.45) is 2.66. The Kier molecular flexibility index (Phi) is 6.18. The summed E-state index contributed by atoms with van der Waals surface area (Å²) >= 11 is 0. The van der Waals surface area contributed by atoms with Gasteiger partial charge in [-0.15, -0.1) is 0 Å². The van der Waals surface area contributed by atoms with Gasteiger partial charge >= 0.3 is 16.9 Å². The molecule has 3 rings (SSSR count). The molecule has 0 saturated heterocycles. The molecule has 1 aromatic heterocycles. The number of nitrogens with one attached hydrogen (secondary N) is 3. The predicted octanol–water partition coefficient (Wildman–Crippen LogP) is 2.16. The average molecular weight is 408 g/mol. The second-order valence-electron chi connectivity index (χ2n) is 6.00. The molecule has 2 aromatic carbocycles. The molecule has 10 nitrogen and oxygen atoms in total. The van der Waals surface area contributed by atoms with Crippen molar-refractivity contribution in [3.05, 3.63) is 96.8 Å². The third-order valence-corrected chi connectivity index (χ3v) is 3.89. The summed E-state index contributed by atoms with van der Waals surface area (Å²) in [5.74, 6) is -0.0265. The molecule has 1 heterocycles. The number of benzene rings is 2. The van der Waals surface area contributed by atoms with Gasteiger partial charge in [0.15, 0.2) is 6.61 Å². The van der Waals surface area contributed by atoms with E-state index >= 15 is 0 Å². The van der Waals surface area contributed by atoms with Crippen molar-refractivity contribution in [2.45, 2.75) is 0 Å². The molecule has 0 unspecified atom stereocenters. The number of H-pyrrole nitrogens is 2. The van der Waals surface area contributed by atoms with Crippen LogP contribution in [0.2, 0.25) is 0 Å². The molecule has 152 valence electrons. The van der Waals surface area contributed by atoms with Gasteiger partial charge in [-0.2, -0.15) is 0 Å². The summed E-state index contributed by atoms with van der Waals surface area (Å²) in [5, 5.41) is 13.8. The van der Waals surface area contributed by atoms with Crippen molar-refractivity contribution in [3.63, 3.8) is 0 Å². The second-order valence-corrected chi connectivity index (χ2v) is 6.00. The molecule has 0 bridgehead atoms. The predicted molar refractivity (Wildman–Crippen MR) is 110 cm³/mol. The Morgan fingerprint density at radius 3 is 2.47 bits per heavy atom. The zero-order valence-corrected chi connectivity index (χ0v) is 15.5. The molecule has 3 N–H and O–H groups in total. The molecule has 0 aliphatic rings. The molecule has 0 aliphatic carbocycles. The third kappa shape index (κ3) is 5.07. The highest BCUT2D eigenvalue weighted by molar-refractivity contribution is 5.91. The van der Waals surface area contributed by atoms with Gasteiger partial charge in [-0.05, 0) is 30.4 Å². The fourth-order valence-corrected chi connectivity index (χ4v) is 2.58. The molecular formula is C20H16N4O6. The monoisotopic (exact) mass is 408 g/mol. The minimum Gasteiger partial charge on any atom is -0.483 e. The maximum Gasteiger partial charge on any atom is 0.357 e. The van der Waals surface area contributed by atoms with Crippen molar-refractivity contribution in [3.8, 4) is 5.75 Å². The quantitative estimate of drug-likeness (QED) is 0.403. The SMILES string of the molecule is O=C(COc1ccccc1/C=C/c1[nH]c(=O)[nH]c(=O)c1[N+](=O)[O-])Nc1ccccc1. The molecule has 1 amide bonds. The van der Waals surface area contributed by atoms with Crippen LogP contribution in [0.15, 0.2) is 64.2 Å². The Bertz CT molecular complexity index is 1210. The van der Waals surface area contributed by atoms with Gasteiger partial charge in [0, 0.05) is 11.3 Å². The van der Waals surface area contributed by atoms with Crippen molar-refractivity contribution < 1.29 is 14.5 Å². The normalized spacial score (nSPS) is 10.7. The summed E-state index contributed by atoms with van der Waals surface area (Å²) in [7, 11) is 0. The van der Waals surface area contributed by atoms with E-state index in [0.29, 0.717) is 17.0 Å². The zero-order chi connectivity index (χ0) is 21.5. The van der Waals surface area contributed by atoms with Crippen LogP contribution in [-0.2, 0) is 4.79 Å². The third-order valence-electron chi connectivity index (χ3n) is 3.89. The number of nitro groups is 1. The number of nitrogens with zero attached hydrogens (tertiary/aromatic N) is 1. The van der Waals surface area contributed by atoms with Gasteiger partial charge in [0.2, 0.25) is 0 Å². The van der Waals surface area contributed by atoms with Crippen LogP contribution in [0.4, 0.5) is 11.4 Å². The molecule has 10 heteroatoms. The van der Waals surface area contributed by atoms with E-state index in [1.165, 1.54) is 12.2 Å². The lowest BCUT2D eigenvalue weighted by Crippen LogP contribution is -2.25. The molecule has 0 fully saturated rings. The van der Waals surface area contributed by atoms with Crippen molar-refractivity contribution in [1.29, 1.82) is 0 Å². The highest BCUT2D eigenvalue weighted by atomic mass is 16.6. The van der Waals surface area contributed by atoms with Crippen LogP contribution in [0.25, 0.3) is 12.2 Å². The van der Waals surface area contributed by atoms with Gasteiger partial charge in [-0.3, -0.25) is 24.7 Å². The van der Waals surface area contributed by atoms with Crippen LogP contribution < -0.4 is 21.3 Å². The van der Waals surface area contributed by atoms with Crippen LogP contribution in [0.1, 0.15) is 11.3 Å². The van der Waals surface area contributed by atoms with E-state index in [9.17, 15) is 24.5 Å². The summed E-state index contributed by atoms with van der Waals surface area (Å²) in [5.41, 5.74) is -1.90. The number of anilines is 1. The fourth-order valence-electron chi connectivity index (χ4n) is 2.58. The number of amides is 1. The Morgan fingerprint density at radius 2 is 1.73 bits per heavy atom. The van der Waals surface area contributed by atoms with E-state index in [-0.39, 0.29) is 18.2 Å². The standard InChI is InChI=1S/C20H16N4O6/c25-17(21-14-7-2-1-3-8-14)12-30-16-9-5-4-6-13(16)10-11-15-18(24(28)29)19(26)23-20(27)22-15/h1-11H,12H2,(H,21,25)(H2,22,23,26,27)/b11-10+. The lowest BCUT2D eigenvalue weighted by atomic mass is 10.1. The smallest absolute Gasteiger partial charge is 0.357 e. The van der Waals surface area contributed by atoms with Gasteiger partial charge in [0.05, 0.1) is 4.92 Å². The molecule has 0 radical (unpaired) electrons. The topological polar surface area (TPSA) is 147 Å². The van der Waals surface area contributed by atoms with Gasteiger partial charge in [0.1, 0.15) is 11.4 Å². The van der Waals surface area contributed by atoms with Crippen molar-refractivity contribution in [2.75, 3.05) is 11.9 Å². The number of carbonyl (C=O) groups is 1. The van der Waals surface area contributed by atoms with Crippen LogP contribution in [0.3, 0.4) is 0 Å². The first-order valence-electron chi connectivity index (χ1n) is 8.70. The van der Waals surface area contributed by atoms with E-state index in [2.05, 4.69) is 10.3 Å². The first-order valence-corrected chi connectivity index (χ1v) is 8.70. The van der Waals surface area contributed by atoms with Crippen LogP contribution in [0, 0.1) is 10.1 Å². The average Bonchev–Trinajstić information content (AvgIpc) is 2.71. The molecule has 3 aromatic rings. The number of para-hydroxylation sites is 2. The van der Waals surface area contributed by atoms with E-state index in [1.54, 1.807) is 48.5 Å². The molecule has 0 aliphatic heterocycles. The Labute approximate surface area is 169 Å². The van der Waals surface area contributed by atoms with Gasteiger partial charge < -0.3 is 15.0 Å².